The van der Waals surface area contributed by atoms with Crippen LogP contribution in [0.5, 0.6) is 0 Å². The molecular formula is C16H22N2O5S. The van der Waals surface area contributed by atoms with Gasteiger partial charge < -0.3 is 10.0 Å². The minimum atomic E-state index is -3.24. The maximum Gasteiger partial charge on any atom is 0.335 e. The summed E-state index contributed by atoms with van der Waals surface area (Å²) in [5.74, 6) is -1.18. The van der Waals surface area contributed by atoms with Crippen LogP contribution in [0.4, 0.5) is 0 Å². The molecule has 0 atom stereocenters. The summed E-state index contributed by atoms with van der Waals surface area (Å²) in [6.07, 6.45) is 2.37. The number of benzene rings is 1. The molecule has 132 valence electrons. The van der Waals surface area contributed by atoms with Crippen molar-refractivity contribution in [2.75, 3.05) is 26.4 Å². The van der Waals surface area contributed by atoms with E-state index in [9.17, 15) is 23.1 Å². The predicted molar refractivity (Wildman–Crippen MR) is 89.3 cm³/mol. The van der Waals surface area contributed by atoms with Gasteiger partial charge in [0.05, 0.1) is 18.2 Å². The van der Waals surface area contributed by atoms with Crippen molar-refractivity contribution in [1.82, 2.24) is 9.21 Å². The second-order valence-electron chi connectivity index (χ2n) is 6.03. The minimum Gasteiger partial charge on any atom is -0.478 e. The Labute approximate surface area is 141 Å². The van der Waals surface area contributed by atoms with Crippen molar-refractivity contribution in [1.29, 1.82) is 0 Å². The highest BCUT2D eigenvalue weighted by molar-refractivity contribution is 7.88. The molecule has 0 aromatic heterocycles. The molecule has 1 aliphatic heterocycles. The van der Waals surface area contributed by atoms with Crippen molar-refractivity contribution in [2.24, 2.45) is 0 Å². The van der Waals surface area contributed by atoms with Gasteiger partial charge in [0, 0.05) is 26.2 Å². The highest BCUT2D eigenvalue weighted by atomic mass is 32.2. The summed E-state index contributed by atoms with van der Waals surface area (Å²) in [7, 11) is -1.68. The van der Waals surface area contributed by atoms with Gasteiger partial charge in [0.15, 0.2) is 0 Å². The van der Waals surface area contributed by atoms with E-state index in [0.717, 1.165) is 0 Å². The maximum atomic E-state index is 12.4. The maximum absolute atomic E-state index is 12.4. The van der Waals surface area contributed by atoms with Crippen LogP contribution in [0, 0.1) is 0 Å². The predicted octanol–water partition coefficient (Wildman–Crippen LogP) is 0.810. The first-order valence-corrected chi connectivity index (χ1v) is 9.57. The topological polar surface area (TPSA) is 95.0 Å². The first kappa shape index (κ1) is 18.4. The number of piperidine rings is 1. The van der Waals surface area contributed by atoms with Gasteiger partial charge in [0.25, 0.3) is 0 Å². The molecule has 0 saturated carbocycles. The fraction of sp³-hybridized carbons (Fsp3) is 0.500. The van der Waals surface area contributed by atoms with Crippen LogP contribution in [0.1, 0.15) is 28.8 Å². The van der Waals surface area contributed by atoms with Crippen molar-refractivity contribution in [2.45, 2.75) is 25.3 Å². The molecule has 0 radical (unpaired) electrons. The van der Waals surface area contributed by atoms with E-state index < -0.39 is 16.0 Å². The van der Waals surface area contributed by atoms with Crippen molar-refractivity contribution < 1.29 is 23.1 Å². The number of likely N-dealkylation sites (tertiary alicyclic amines) is 1. The van der Waals surface area contributed by atoms with Gasteiger partial charge in [-0.3, -0.25) is 4.79 Å². The zero-order chi connectivity index (χ0) is 17.9. The summed E-state index contributed by atoms with van der Waals surface area (Å²) in [5, 5.41) is 9.17. The standard InChI is InChI=1S/C16H22N2O5S/c1-17(24(2,22)23)13-7-9-18(10-8-13)15(19)11-12-5-3-4-6-14(12)16(20)21/h3-6,13H,7-11H2,1-2H3,(H,20,21). The van der Waals surface area contributed by atoms with E-state index in [2.05, 4.69) is 0 Å². The van der Waals surface area contributed by atoms with Crippen LogP contribution in [0.3, 0.4) is 0 Å². The van der Waals surface area contributed by atoms with Gasteiger partial charge in [-0.1, -0.05) is 18.2 Å². The number of nitrogens with zero attached hydrogens (tertiary/aromatic N) is 2. The van der Waals surface area contributed by atoms with Crippen LogP contribution in [0.15, 0.2) is 24.3 Å². The molecule has 7 nitrogen and oxygen atoms in total. The second kappa shape index (κ2) is 7.31. The number of aromatic carboxylic acids is 1. The lowest BCUT2D eigenvalue weighted by molar-refractivity contribution is -0.131. The summed E-state index contributed by atoms with van der Waals surface area (Å²) in [5.41, 5.74) is 0.628. The Bertz CT molecular complexity index is 724. The number of hydrogen-bond acceptors (Lipinski definition) is 4. The molecule has 1 aromatic rings. The fourth-order valence-corrected chi connectivity index (χ4v) is 3.66. The smallest absolute Gasteiger partial charge is 0.335 e. The number of carboxylic acids is 1. The normalized spacial score (nSPS) is 16.4. The number of rotatable bonds is 5. The molecule has 24 heavy (non-hydrogen) atoms. The molecule has 2 rings (SSSR count). The van der Waals surface area contributed by atoms with Crippen molar-refractivity contribution in [3.8, 4) is 0 Å². The van der Waals surface area contributed by atoms with Gasteiger partial charge in [0.2, 0.25) is 15.9 Å². The number of carbonyl (C=O) groups excluding carboxylic acids is 1. The van der Waals surface area contributed by atoms with E-state index in [1.807, 2.05) is 0 Å². The molecule has 1 aromatic carbocycles. The van der Waals surface area contributed by atoms with Gasteiger partial charge in [-0.25, -0.2) is 17.5 Å². The van der Waals surface area contributed by atoms with Crippen LogP contribution in [0.2, 0.25) is 0 Å². The van der Waals surface area contributed by atoms with Crippen LogP contribution < -0.4 is 0 Å². The third-order valence-electron chi connectivity index (χ3n) is 4.44. The van der Waals surface area contributed by atoms with E-state index in [1.165, 1.54) is 16.6 Å². The summed E-state index contributed by atoms with van der Waals surface area (Å²) in [4.78, 5) is 25.3. The SMILES string of the molecule is CN(C1CCN(C(=O)Cc2ccccc2C(=O)O)CC1)S(C)(=O)=O. The van der Waals surface area contributed by atoms with Crippen LogP contribution in [0.25, 0.3) is 0 Å². The lowest BCUT2D eigenvalue weighted by Crippen LogP contribution is -2.47. The molecular weight excluding hydrogens is 332 g/mol. The Kier molecular flexibility index (Phi) is 5.61. The van der Waals surface area contributed by atoms with Crippen molar-refractivity contribution in [3.05, 3.63) is 35.4 Å². The Morgan fingerprint density at radius 2 is 1.83 bits per heavy atom. The van der Waals surface area contributed by atoms with E-state index in [0.29, 0.717) is 31.5 Å². The Morgan fingerprint density at radius 3 is 2.38 bits per heavy atom. The van der Waals surface area contributed by atoms with E-state index in [-0.39, 0.29) is 23.9 Å². The molecule has 8 heteroatoms. The lowest BCUT2D eigenvalue weighted by atomic mass is 10.0. The molecule has 1 fully saturated rings. The second-order valence-corrected chi connectivity index (χ2v) is 8.07. The lowest BCUT2D eigenvalue weighted by Gasteiger charge is -2.35. The van der Waals surface area contributed by atoms with Gasteiger partial charge in [-0.15, -0.1) is 0 Å². The zero-order valence-electron chi connectivity index (χ0n) is 13.8. The molecule has 0 unspecified atom stereocenters. The highest BCUT2D eigenvalue weighted by Gasteiger charge is 2.29. The van der Waals surface area contributed by atoms with Crippen LogP contribution >= 0.6 is 0 Å². The summed E-state index contributed by atoms with van der Waals surface area (Å²) >= 11 is 0. The largest absolute Gasteiger partial charge is 0.478 e. The third kappa shape index (κ3) is 4.33. The third-order valence-corrected chi connectivity index (χ3v) is 5.79. The van der Waals surface area contributed by atoms with E-state index in [1.54, 1.807) is 30.1 Å². The van der Waals surface area contributed by atoms with Crippen LogP contribution in [-0.2, 0) is 21.2 Å². The Balaban J connectivity index is 1.98. The summed E-state index contributed by atoms with van der Waals surface area (Å²) in [6, 6.07) is 6.37. The highest BCUT2D eigenvalue weighted by Crippen LogP contribution is 2.19. The molecule has 1 amide bonds. The summed E-state index contributed by atoms with van der Waals surface area (Å²) < 4.78 is 24.5. The Hall–Kier alpha value is -1.93. The van der Waals surface area contributed by atoms with E-state index >= 15 is 0 Å². The van der Waals surface area contributed by atoms with Crippen LogP contribution in [-0.4, -0.2) is 67.0 Å². The average Bonchev–Trinajstić information content (AvgIpc) is 2.53. The van der Waals surface area contributed by atoms with Gasteiger partial charge in [-0.05, 0) is 24.5 Å². The first-order chi connectivity index (χ1) is 11.2. The molecule has 1 saturated heterocycles. The van der Waals surface area contributed by atoms with E-state index in [4.69, 9.17) is 0 Å². The quantitative estimate of drug-likeness (QED) is 0.844. The summed E-state index contributed by atoms with van der Waals surface area (Å²) in [6.45, 7) is 0.942. The molecule has 1 aliphatic rings. The monoisotopic (exact) mass is 354 g/mol. The Morgan fingerprint density at radius 1 is 1.25 bits per heavy atom. The number of hydrogen-bond donors (Lipinski definition) is 1. The first-order valence-electron chi connectivity index (χ1n) is 7.72. The molecule has 1 N–H and O–H groups in total. The number of carbonyl (C=O) groups is 2. The minimum absolute atomic E-state index is 0.0368. The number of carboxylic acid groups (broad SMARTS) is 1. The van der Waals surface area contributed by atoms with Gasteiger partial charge in [-0.2, -0.15) is 0 Å². The molecule has 0 bridgehead atoms. The van der Waals surface area contributed by atoms with Gasteiger partial charge in [0.1, 0.15) is 0 Å². The zero-order valence-corrected chi connectivity index (χ0v) is 14.6. The number of amides is 1. The molecule has 1 heterocycles. The fourth-order valence-electron chi connectivity index (χ4n) is 2.91. The van der Waals surface area contributed by atoms with Crippen molar-refractivity contribution >= 4 is 21.9 Å². The molecule has 0 spiro atoms. The number of sulfonamides is 1. The molecule has 0 aliphatic carbocycles. The van der Waals surface area contributed by atoms with Gasteiger partial charge >= 0.3 is 5.97 Å². The van der Waals surface area contributed by atoms with Crippen molar-refractivity contribution in [3.63, 3.8) is 0 Å². The average molecular weight is 354 g/mol.